The SMILES string of the molecule is C=CCOCON1CC1. The fourth-order valence-electron chi connectivity index (χ4n) is 0.413. The molecule has 1 saturated heterocycles. The first-order chi connectivity index (χ1) is 4.43. The van der Waals surface area contributed by atoms with Crippen LogP contribution in [0, 0.1) is 0 Å². The van der Waals surface area contributed by atoms with Crippen molar-refractivity contribution in [3.63, 3.8) is 0 Å². The van der Waals surface area contributed by atoms with Gasteiger partial charge in [0.15, 0.2) is 6.79 Å². The summed E-state index contributed by atoms with van der Waals surface area (Å²) in [6.07, 6.45) is 1.70. The Morgan fingerprint density at radius 3 is 2.89 bits per heavy atom. The van der Waals surface area contributed by atoms with Crippen LogP contribution in [0.5, 0.6) is 0 Å². The number of nitrogens with zero attached hydrogens (tertiary/aromatic N) is 1. The van der Waals surface area contributed by atoms with Crippen molar-refractivity contribution in [1.29, 1.82) is 0 Å². The van der Waals surface area contributed by atoms with E-state index in [0.29, 0.717) is 13.4 Å². The third kappa shape index (κ3) is 3.24. The zero-order chi connectivity index (χ0) is 6.53. The Bertz CT molecular complexity index is 91.1. The summed E-state index contributed by atoms with van der Waals surface area (Å²) in [5, 5.41) is 1.84. The van der Waals surface area contributed by atoms with Gasteiger partial charge in [0.2, 0.25) is 0 Å². The Kier molecular flexibility index (Phi) is 2.70. The summed E-state index contributed by atoms with van der Waals surface area (Å²) in [4.78, 5) is 5.02. The highest BCUT2D eigenvalue weighted by molar-refractivity contribution is 4.63. The van der Waals surface area contributed by atoms with Crippen LogP contribution in [-0.2, 0) is 9.57 Å². The van der Waals surface area contributed by atoms with E-state index in [1.54, 1.807) is 6.08 Å². The van der Waals surface area contributed by atoms with E-state index in [4.69, 9.17) is 9.57 Å². The molecule has 0 atom stereocenters. The minimum Gasteiger partial charge on any atom is -0.349 e. The molecular weight excluding hydrogens is 118 g/mol. The third-order valence-electron chi connectivity index (χ3n) is 0.960. The van der Waals surface area contributed by atoms with E-state index in [1.165, 1.54) is 0 Å². The Balaban J connectivity index is 1.75. The number of ether oxygens (including phenoxy) is 1. The summed E-state index contributed by atoms with van der Waals surface area (Å²) in [7, 11) is 0. The summed E-state index contributed by atoms with van der Waals surface area (Å²) in [6.45, 7) is 6.49. The second kappa shape index (κ2) is 3.61. The molecule has 3 nitrogen and oxygen atoms in total. The van der Waals surface area contributed by atoms with Gasteiger partial charge < -0.3 is 4.74 Å². The summed E-state index contributed by atoms with van der Waals surface area (Å²) in [5.41, 5.74) is 0. The monoisotopic (exact) mass is 129 g/mol. The quantitative estimate of drug-likeness (QED) is 0.232. The van der Waals surface area contributed by atoms with Gasteiger partial charge in [-0.1, -0.05) is 6.08 Å². The molecule has 0 aromatic heterocycles. The van der Waals surface area contributed by atoms with E-state index in [1.807, 2.05) is 5.06 Å². The van der Waals surface area contributed by atoms with Gasteiger partial charge >= 0.3 is 0 Å². The van der Waals surface area contributed by atoms with E-state index in [2.05, 4.69) is 6.58 Å². The van der Waals surface area contributed by atoms with Gasteiger partial charge in [-0.3, -0.25) is 4.84 Å². The normalized spacial score (nSPS) is 17.8. The fraction of sp³-hybridized carbons (Fsp3) is 0.667. The molecule has 0 aromatic carbocycles. The highest BCUT2D eigenvalue weighted by Crippen LogP contribution is 2.02. The van der Waals surface area contributed by atoms with Crippen LogP contribution in [0.2, 0.25) is 0 Å². The molecule has 3 heteroatoms. The molecule has 1 heterocycles. The Hall–Kier alpha value is -0.380. The first-order valence-electron chi connectivity index (χ1n) is 3.00. The van der Waals surface area contributed by atoms with Crippen molar-refractivity contribution in [3.05, 3.63) is 12.7 Å². The van der Waals surface area contributed by atoms with Crippen molar-refractivity contribution in [2.24, 2.45) is 0 Å². The lowest BCUT2D eigenvalue weighted by Crippen LogP contribution is -2.04. The number of hydrogen-bond donors (Lipinski definition) is 0. The van der Waals surface area contributed by atoms with E-state index >= 15 is 0 Å². The first kappa shape index (κ1) is 6.74. The summed E-state index contributed by atoms with van der Waals surface area (Å²) in [5.74, 6) is 0. The molecule has 1 rings (SSSR count). The van der Waals surface area contributed by atoms with Crippen molar-refractivity contribution >= 4 is 0 Å². The number of hydrogen-bond acceptors (Lipinski definition) is 3. The smallest absolute Gasteiger partial charge is 0.167 e. The van der Waals surface area contributed by atoms with Gasteiger partial charge in [0, 0.05) is 13.1 Å². The van der Waals surface area contributed by atoms with Gasteiger partial charge in [0.05, 0.1) is 6.61 Å². The topological polar surface area (TPSA) is 21.5 Å². The number of rotatable bonds is 5. The van der Waals surface area contributed by atoms with Crippen LogP contribution in [0.3, 0.4) is 0 Å². The maximum atomic E-state index is 5.02. The van der Waals surface area contributed by atoms with Crippen molar-refractivity contribution < 1.29 is 9.57 Å². The molecular formula is C6H11NO2. The largest absolute Gasteiger partial charge is 0.349 e. The van der Waals surface area contributed by atoms with Crippen molar-refractivity contribution in [2.75, 3.05) is 26.5 Å². The minimum atomic E-state index is 0.353. The molecule has 0 bridgehead atoms. The Labute approximate surface area is 54.8 Å². The van der Waals surface area contributed by atoms with Crippen LogP contribution in [0.1, 0.15) is 0 Å². The second-order valence-electron chi connectivity index (χ2n) is 1.84. The van der Waals surface area contributed by atoms with Gasteiger partial charge in [-0.05, 0) is 0 Å². The zero-order valence-corrected chi connectivity index (χ0v) is 5.38. The minimum absolute atomic E-state index is 0.353. The average Bonchev–Trinajstić information content (AvgIpc) is 2.63. The molecule has 0 amide bonds. The Morgan fingerprint density at radius 2 is 2.33 bits per heavy atom. The second-order valence-corrected chi connectivity index (χ2v) is 1.84. The zero-order valence-electron chi connectivity index (χ0n) is 5.38. The van der Waals surface area contributed by atoms with E-state index in [0.717, 1.165) is 13.1 Å². The van der Waals surface area contributed by atoms with Crippen LogP contribution in [0.4, 0.5) is 0 Å². The lowest BCUT2D eigenvalue weighted by Gasteiger charge is -2.00. The van der Waals surface area contributed by atoms with E-state index < -0.39 is 0 Å². The average molecular weight is 129 g/mol. The molecule has 0 spiro atoms. The summed E-state index contributed by atoms with van der Waals surface area (Å²) < 4.78 is 4.95. The molecule has 1 aliphatic heterocycles. The molecule has 0 unspecified atom stereocenters. The van der Waals surface area contributed by atoms with Crippen LogP contribution in [-0.4, -0.2) is 31.6 Å². The van der Waals surface area contributed by atoms with Gasteiger partial charge in [-0.2, -0.15) is 5.06 Å². The highest BCUT2D eigenvalue weighted by Gasteiger charge is 2.17. The van der Waals surface area contributed by atoms with E-state index in [-0.39, 0.29) is 0 Å². The molecule has 1 aliphatic rings. The summed E-state index contributed by atoms with van der Waals surface area (Å²) >= 11 is 0. The molecule has 0 saturated carbocycles. The maximum Gasteiger partial charge on any atom is 0.167 e. The predicted octanol–water partition coefficient (Wildman–Crippen LogP) is 0.394. The Morgan fingerprint density at radius 1 is 1.56 bits per heavy atom. The third-order valence-corrected chi connectivity index (χ3v) is 0.960. The highest BCUT2D eigenvalue weighted by atomic mass is 16.8. The van der Waals surface area contributed by atoms with Gasteiger partial charge in [-0.15, -0.1) is 6.58 Å². The molecule has 0 aromatic rings. The summed E-state index contributed by atoms with van der Waals surface area (Å²) in [6, 6.07) is 0. The van der Waals surface area contributed by atoms with Crippen LogP contribution in [0.15, 0.2) is 12.7 Å². The fourth-order valence-corrected chi connectivity index (χ4v) is 0.413. The van der Waals surface area contributed by atoms with Crippen LogP contribution >= 0.6 is 0 Å². The standard InChI is InChI=1S/C6H11NO2/c1-2-5-8-6-9-7-3-4-7/h2H,1,3-6H2. The number of hydroxylamine groups is 2. The molecule has 0 aliphatic carbocycles. The van der Waals surface area contributed by atoms with E-state index in [9.17, 15) is 0 Å². The lowest BCUT2D eigenvalue weighted by atomic mass is 10.7. The first-order valence-corrected chi connectivity index (χ1v) is 3.00. The lowest BCUT2D eigenvalue weighted by molar-refractivity contribution is -0.158. The molecule has 0 radical (unpaired) electrons. The van der Waals surface area contributed by atoms with Gasteiger partial charge in [0.1, 0.15) is 0 Å². The molecule has 0 N–H and O–H groups in total. The van der Waals surface area contributed by atoms with Crippen molar-refractivity contribution in [3.8, 4) is 0 Å². The maximum absolute atomic E-state index is 5.02. The molecule has 1 fully saturated rings. The van der Waals surface area contributed by atoms with Gasteiger partial charge in [-0.25, -0.2) is 0 Å². The van der Waals surface area contributed by atoms with Crippen LogP contribution in [0.25, 0.3) is 0 Å². The van der Waals surface area contributed by atoms with Crippen molar-refractivity contribution in [1.82, 2.24) is 5.06 Å². The van der Waals surface area contributed by atoms with Crippen LogP contribution < -0.4 is 0 Å². The molecule has 52 valence electrons. The van der Waals surface area contributed by atoms with Crippen molar-refractivity contribution in [2.45, 2.75) is 0 Å². The molecule has 9 heavy (non-hydrogen) atoms. The predicted molar refractivity (Wildman–Crippen MR) is 33.7 cm³/mol. The van der Waals surface area contributed by atoms with Gasteiger partial charge in [0.25, 0.3) is 0 Å².